The molecule has 0 N–H and O–H groups in total. The van der Waals surface area contributed by atoms with E-state index in [2.05, 4.69) is 56.4 Å². The van der Waals surface area contributed by atoms with E-state index in [1.807, 2.05) is 51.5 Å². The number of hydrogen-bond donors (Lipinski definition) is 0. The predicted molar refractivity (Wildman–Crippen MR) is 231 cm³/mol. The molecule has 10 heteroatoms. The molecule has 0 bridgehead atoms. The minimum Gasteiger partial charge on any atom is -0.756 e. The Morgan fingerprint density at radius 2 is 1.11 bits per heavy atom. The van der Waals surface area contributed by atoms with Crippen molar-refractivity contribution in [2.75, 3.05) is 47.5 Å². The fourth-order valence-corrected chi connectivity index (χ4v) is 6.14. The fourth-order valence-electron chi connectivity index (χ4n) is 5.41. The van der Waals surface area contributed by atoms with Gasteiger partial charge in [-0.2, -0.15) is 0 Å². The van der Waals surface area contributed by atoms with Crippen molar-refractivity contribution in [3.05, 3.63) is 72.9 Å². The number of esters is 2. The van der Waals surface area contributed by atoms with E-state index < -0.39 is 32.5 Å². The monoisotopic (exact) mass is 806 g/mol. The molecule has 0 aliphatic carbocycles. The number of nitrogens with zero attached hydrogens (tertiary/aromatic N) is 1. The molecule has 0 aromatic rings. The molecule has 0 radical (unpaired) electrons. The van der Waals surface area contributed by atoms with Gasteiger partial charge < -0.3 is 27.9 Å². The summed E-state index contributed by atoms with van der Waals surface area (Å²) in [5, 5.41) is 0. The minimum atomic E-state index is -4.64. The number of carbonyl (C=O) groups excluding carboxylic acids is 2. The molecule has 2 atom stereocenters. The number of phosphoric ester groups is 1. The second-order valence-electron chi connectivity index (χ2n) is 15.4. The summed E-state index contributed by atoms with van der Waals surface area (Å²) in [5.74, 6) is -0.921. The molecule has 0 aromatic heterocycles. The number of carbonyl (C=O) groups is 2. The molecular formula is C46H80NO8P. The highest BCUT2D eigenvalue weighted by Crippen LogP contribution is 2.38. The third kappa shape index (κ3) is 41.1. The number of rotatable bonds is 38. The molecule has 0 aromatic carbocycles. The maximum atomic E-state index is 12.6. The van der Waals surface area contributed by atoms with E-state index in [0.29, 0.717) is 23.9 Å². The first-order chi connectivity index (χ1) is 27.0. The van der Waals surface area contributed by atoms with Crippen LogP contribution in [0.25, 0.3) is 0 Å². The first-order valence-electron chi connectivity index (χ1n) is 21.7. The Bertz CT molecular complexity index is 1180. The van der Waals surface area contributed by atoms with E-state index in [-0.39, 0.29) is 26.1 Å². The zero-order valence-corrected chi connectivity index (χ0v) is 36.9. The van der Waals surface area contributed by atoms with Crippen LogP contribution in [0.2, 0.25) is 0 Å². The van der Waals surface area contributed by atoms with Crippen LogP contribution in [0.4, 0.5) is 0 Å². The van der Waals surface area contributed by atoms with Crippen LogP contribution < -0.4 is 4.89 Å². The van der Waals surface area contributed by atoms with Gasteiger partial charge in [0.05, 0.1) is 27.7 Å². The van der Waals surface area contributed by atoms with Gasteiger partial charge in [0.15, 0.2) is 6.10 Å². The number of phosphoric acid groups is 1. The standard InChI is InChI=1S/C46H80NO8P/c1-6-8-10-12-14-16-18-20-22-23-25-27-29-31-33-35-37-39-46(49)55-44(43-54-56(50,51)53-41-40-47(3,4)5)42-52-45(48)38-36-34-32-30-28-26-24-21-19-17-15-13-11-9-7-2/h9,11,13,15,17,19,21,24-25,27,31,33,44H,6-8,10,12,14,16,18,20,22-23,26,28-30,32,34-43H2,1-5H3/b11-9+,15-13+,19-17+,24-21+,27-25+,33-31+/t44-/m1/s1. The third-order valence-electron chi connectivity index (χ3n) is 8.81. The summed E-state index contributed by atoms with van der Waals surface area (Å²) in [7, 11) is 1.11. The van der Waals surface area contributed by atoms with Gasteiger partial charge in [0.25, 0.3) is 7.82 Å². The van der Waals surface area contributed by atoms with E-state index in [9.17, 15) is 19.0 Å². The van der Waals surface area contributed by atoms with Crippen LogP contribution in [0.3, 0.4) is 0 Å². The van der Waals surface area contributed by atoms with Gasteiger partial charge in [-0.05, 0) is 57.8 Å². The van der Waals surface area contributed by atoms with Crippen molar-refractivity contribution in [2.24, 2.45) is 0 Å². The lowest BCUT2D eigenvalue weighted by molar-refractivity contribution is -0.870. The van der Waals surface area contributed by atoms with Crippen molar-refractivity contribution < 1.29 is 42.1 Å². The van der Waals surface area contributed by atoms with E-state index >= 15 is 0 Å². The zero-order chi connectivity index (χ0) is 41.4. The first kappa shape index (κ1) is 53.5. The Morgan fingerprint density at radius 1 is 0.589 bits per heavy atom. The lowest BCUT2D eigenvalue weighted by Gasteiger charge is -2.28. The van der Waals surface area contributed by atoms with E-state index in [0.717, 1.165) is 57.8 Å². The molecule has 322 valence electrons. The minimum absolute atomic E-state index is 0.0460. The van der Waals surface area contributed by atoms with Crippen molar-refractivity contribution in [3.63, 3.8) is 0 Å². The van der Waals surface area contributed by atoms with Gasteiger partial charge in [-0.25, -0.2) is 0 Å². The van der Waals surface area contributed by atoms with Crippen LogP contribution in [0, 0.1) is 0 Å². The van der Waals surface area contributed by atoms with E-state index in [1.165, 1.54) is 57.8 Å². The maximum absolute atomic E-state index is 12.6. The molecule has 0 spiro atoms. The van der Waals surface area contributed by atoms with E-state index in [1.54, 1.807) is 0 Å². The summed E-state index contributed by atoms with van der Waals surface area (Å²) < 4.78 is 33.8. The Hall–Kier alpha value is -2.55. The number of unbranched alkanes of at least 4 members (excludes halogenated alkanes) is 15. The second-order valence-corrected chi connectivity index (χ2v) is 16.8. The lowest BCUT2D eigenvalue weighted by Crippen LogP contribution is -2.37. The molecular weight excluding hydrogens is 725 g/mol. The molecule has 1 unspecified atom stereocenters. The summed E-state index contributed by atoms with van der Waals surface area (Å²) in [4.78, 5) is 37.5. The molecule has 0 rings (SSSR count). The number of ether oxygens (including phenoxy) is 2. The van der Waals surface area contributed by atoms with Crippen LogP contribution in [0.5, 0.6) is 0 Å². The van der Waals surface area contributed by atoms with Crippen LogP contribution in [-0.4, -0.2) is 70.0 Å². The third-order valence-corrected chi connectivity index (χ3v) is 9.77. The number of likely N-dealkylation sites (N-methyl/N-ethyl adjacent to an activating group) is 1. The highest BCUT2D eigenvalue weighted by molar-refractivity contribution is 7.45. The van der Waals surface area contributed by atoms with Crippen LogP contribution >= 0.6 is 7.82 Å². The Labute approximate surface area is 342 Å². The van der Waals surface area contributed by atoms with Crippen LogP contribution in [0.1, 0.15) is 155 Å². The SMILES string of the molecule is CC/C=C/C=C/C=C/C=C/CCCCCCCC(=O)OC[C@H](COP(=O)([O-])OCC[N+](C)(C)C)OC(=O)CCC/C=C/C/C=C/CCCCCCCCCCC. The Kier molecular flexibility index (Phi) is 36.3. The van der Waals surface area contributed by atoms with Crippen molar-refractivity contribution in [1.29, 1.82) is 0 Å². The van der Waals surface area contributed by atoms with Crippen LogP contribution in [-0.2, 0) is 32.7 Å². The normalized spacial score (nSPS) is 14.3. The summed E-state index contributed by atoms with van der Waals surface area (Å²) in [6.07, 6.45) is 46.5. The van der Waals surface area contributed by atoms with Crippen molar-refractivity contribution in [2.45, 2.75) is 161 Å². The quantitative estimate of drug-likeness (QED) is 0.0151. The Balaban J connectivity index is 4.49. The Morgan fingerprint density at radius 3 is 1.71 bits per heavy atom. The average molecular weight is 806 g/mol. The predicted octanol–water partition coefficient (Wildman–Crippen LogP) is 11.6. The fraction of sp³-hybridized carbons (Fsp3) is 0.696. The van der Waals surface area contributed by atoms with Gasteiger partial charge >= 0.3 is 11.9 Å². The summed E-state index contributed by atoms with van der Waals surface area (Å²) in [6, 6.07) is 0. The van der Waals surface area contributed by atoms with Crippen LogP contribution in [0.15, 0.2) is 72.9 Å². The summed E-state index contributed by atoms with van der Waals surface area (Å²) in [6.45, 7) is 3.99. The maximum Gasteiger partial charge on any atom is 0.306 e. The van der Waals surface area contributed by atoms with Gasteiger partial charge in [0.1, 0.15) is 19.8 Å². The van der Waals surface area contributed by atoms with Crippen molar-refractivity contribution in [1.82, 2.24) is 0 Å². The molecule has 0 heterocycles. The number of hydrogen-bond acceptors (Lipinski definition) is 8. The second kappa shape index (κ2) is 38.0. The van der Waals surface area contributed by atoms with Gasteiger partial charge in [0, 0.05) is 12.8 Å². The number of quaternary nitrogens is 1. The highest BCUT2D eigenvalue weighted by atomic mass is 31.2. The molecule has 0 amide bonds. The van der Waals surface area contributed by atoms with Gasteiger partial charge in [0.2, 0.25) is 0 Å². The van der Waals surface area contributed by atoms with Gasteiger partial charge in [-0.3, -0.25) is 14.2 Å². The van der Waals surface area contributed by atoms with Crippen molar-refractivity contribution in [3.8, 4) is 0 Å². The molecule has 0 fully saturated rings. The smallest absolute Gasteiger partial charge is 0.306 e. The molecule has 56 heavy (non-hydrogen) atoms. The van der Waals surface area contributed by atoms with E-state index in [4.69, 9.17) is 18.5 Å². The molecule has 0 saturated heterocycles. The topological polar surface area (TPSA) is 111 Å². The summed E-state index contributed by atoms with van der Waals surface area (Å²) >= 11 is 0. The number of allylic oxidation sites excluding steroid dienone is 12. The first-order valence-corrected chi connectivity index (χ1v) is 23.2. The molecule has 0 saturated carbocycles. The molecule has 0 aliphatic rings. The highest BCUT2D eigenvalue weighted by Gasteiger charge is 2.21. The van der Waals surface area contributed by atoms with Gasteiger partial charge in [-0.1, -0.05) is 157 Å². The molecule has 0 aliphatic heterocycles. The average Bonchev–Trinajstić information content (AvgIpc) is 3.15. The largest absolute Gasteiger partial charge is 0.756 e. The zero-order valence-electron chi connectivity index (χ0n) is 36.1. The molecule has 9 nitrogen and oxygen atoms in total. The van der Waals surface area contributed by atoms with Gasteiger partial charge in [-0.15, -0.1) is 0 Å². The van der Waals surface area contributed by atoms with Crippen molar-refractivity contribution >= 4 is 19.8 Å². The lowest BCUT2D eigenvalue weighted by atomic mass is 10.1. The summed E-state index contributed by atoms with van der Waals surface area (Å²) in [5.41, 5.74) is 0.